The second-order valence-electron chi connectivity index (χ2n) is 3.60. The van der Waals surface area contributed by atoms with Crippen LogP contribution in [0.15, 0.2) is 29.7 Å². The first-order valence-corrected chi connectivity index (χ1v) is 5.49. The number of aliphatic carboxylic acids is 1. The minimum atomic E-state index is -0.778. The zero-order chi connectivity index (χ0) is 12.5. The van der Waals surface area contributed by atoms with Crippen LogP contribution in [0.1, 0.15) is 31.7 Å². The van der Waals surface area contributed by atoms with Gasteiger partial charge in [0.15, 0.2) is 0 Å². The summed E-state index contributed by atoms with van der Waals surface area (Å²) in [6, 6.07) is 3.74. The largest absolute Gasteiger partial charge is 0.481 e. The highest BCUT2D eigenvalue weighted by atomic mass is 16.6. The molecule has 0 aromatic carbocycles. The van der Waals surface area contributed by atoms with E-state index in [9.17, 15) is 4.79 Å². The van der Waals surface area contributed by atoms with E-state index in [4.69, 9.17) is 9.94 Å². The van der Waals surface area contributed by atoms with Crippen molar-refractivity contribution in [3.8, 4) is 0 Å². The van der Waals surface area contributed by atoms with Crippen LogP contribution >= 0.6 is 0 Å². The highest BCUT2D eigenvalue weighted by Crippen LogP contribution is 2.00. The molecular formula is C12H16N2O3. The van der Waals surface area contributed by atoms with E-state index in [2.05, 4.69) is 10.1 Å². The fourth-order valence-corrected chi connectivity index (χ4v) is 1.21. The van der Waals surface area contributed by atoms with Gasteiger partial charge in [-0.2, -0.15) is 0 Å². The highest BCUT2D eigenvalue weighted by Gasteiger charge is 1.98. The molecule has 17 heavy (non-hydrogen) atoms. The summed E-state index contributed by atoms with van der Waals surface area (Å²) < 4.78 is 0. The third-order valence-electron chi connectivity index (χ3n) is 2.16. The lowest BCUT2D eigenvalue weighted by atomic mass is 10.2. The molecule has 5 heteroatoms. The number of hydrogen-bond acceptors (Lipinski definition) is 4. The first kappa shape index (κ1) is 13.2. The molecule has 1 heterocycles. The molecule has 1 aromatic heterocycles. The summed E-state index contributed by atoms with van der Waals surface area (Å²) in [4.78, 5) is 19.3. The summed E-state index contributed by atoms with van der Waals surface area (Å²) >= 11 is 0. The Morgan fingerprint density at radius 1 is 1.53 bits per heavy atom. The number of pyridine rings is 1. The van der Waals surface area contributed by atoms with Gasteiger partial charge in [0, 0.05) is 24.4 Å². The molecule has 0 saturated carbocycles. The van der Waals surface area contributed by atoms with Gasteiger partial charge in [0.25, 0.3) is 0 Å². The average molecular weight is 236 g/mol. The first-order valence-electron chi connectivity index (χ1n) is 5.49. The predicted molar refractivity (Wildman–Crippen MR) is 63.9 cm³/mol. The normalized spacial score (nSPS) is 11.2. The van der Waals surface area contributed by atoms with Gasteiger partial charge >= 0.3 is 5.97 Å². The molecule has 0 radical (unpaired) electrons. The molecule has 0 fully saturated rings. The minimum absolute atomic E-state index is 0.175. The molecule has 1 aromatic rings. The van der Waals surface area contributed by atoms with E-state index in [1.165, 1.54) is 0 Å². The number of carboxylic acid groups (broad SMARTS) is 1. The Hall–Kier alpha value is -1.91. The highest BCUT2D eigenvalue weighted by molar-refractivity contribution is 5.97. The molecule has 0 aliphatic rings. The Morgan fingerprint density at radius 3 is 3.00 bits per heavy atom. The molecule has 1 rings (SSSR count). The van der Waals surface area contributed by atoms with Crippen molar-refractivity contribution in [3.05, 3.63) is 30.1 Å². The summed E-state index contributed by atoms with van der Waals surface area (Å²) in [6.07, 6.45) is 4.89. The van der Waals surface area contributed by atoms with Gasteiger partial charge < -0.3 is 9.94 Å². The molecular weight excluding hydrogens is 220 g/mol. The number of oxime groups is 1. The number of carbonyl (C=O) groups is 1. The van der Waals surface area contributed by atoms with Crippen molar-refractivity contribution >= 4 is 11.7 Å². The van der Waals surface area contributed by atoms with Crippen LogP contribution in [0.2, 0.25) is 0 Å². The standard InChI is InChI=1S/C12H16N2O3/c1-10(11-5-4-7-13-9-11)14-17-8-3-2-6-12(15)16/h4-5,7,9H,2-3,6,8H2,1H3,(H,15,16)/b14-10-. The van der Waals surface area contributed by atoms with Gasteiger partial charge in [0.1, 0.15) is 6.61 Å². The summed E-state index contributed by atoms with van der Waals surface area (Å²) in [5.41, 5.74) is 1.68. The molecule has 0 aliphatic carbocycles. The second-order valence-corrected chi connectivity index (χ2v) is 3.60. The van der Waals surface area contributed by atoms with Crippen LogP contribution < -0.4 is 0 Å². The third kappa shape index (κ3) is 5.65. The van der Waals surface area contributed by atoms with Gasteiger partial charge in [0.2, 0.25) is 0 Å². The molecule has 1 N–H and O–H groups in total. The van der Waals surface area contributed by atoms with E-state index in [1.54, 1.807) is 12.4 Å². The molecule has 0 aliphatic heterocycles. The molecule has 92 valence electrons. The first-order chi connectivity index (χ1) is 8.20. The number of aromatic nitrogens is 1. The number of hydrogen-bond donors (Lipinski definition) is 1. The zero-order valence-electron chi connectivity index (χ0n) is 9.80. The van der Waals surface area contributed by atoms with E-state index >= 15 is 0 Å². The monoisotopic (exact) mass is 236 g/mol. The van der Waals surface area contributed by atoms with Gasteiger partial charge in [-0.3, -0.25) is 9.78 Å². The lowest BCUT2D eigenvalue weighted by Gasteiger charge is -2.01. The fourth-order valence-electron chi connectivity index (χ4n) is 1.21. The average Bonchev–Trinajstić information content (AvgIpc) is 2.34. The van der Waals surface area contributed by atoms with Crippen LogP contribution in [-0.4, -0.2) is 28.4 Å². The maximum absolute atomic E-state index is 10.2. The van der Waals surface area contributed by atoms with Crippen molar-refractivity contribution in [3.63, 3.8) is 0 Å². The lowest BCUT2D eigenvalue weighted by Crippen LogP contribution is -1.99. The summed E-state index contributed by atoms with van der Waals surface area (Å²) in [5.74, 6) is -0.778. The van der Waals surface area contributed by atoms with Crippen LogP contribution in [0.4, 0.5) is 0 Å². The quantitative estimate of drug-likeness (QED) is 0.447. The van der Waals surface area contributed by atoms with Gasteiger partial charge in [-0.05, 0) is 31.9 Å². The Bertz CT molecular complexity index is 377. The topological polar surface area (TPSA) is 71.8 Å². The van der Waals surface area contributed by atoms with E-state index in [-0.39, 0.29) is 6.42 Å². The van der Waals surface area contributed by atoms with Crippen molar-refractivity contribution in [2.45, 2.75) is 26.2 Å². The maximum atomic E-state index is 10.2. The summed E-state index contributed by atoms with van der Waals surface area (Å²) in [6.45, 7) is 2.28. The van der Waals surface area contributed by atoms with Crippen molar-refractivity contribution in [1.82, 2.24) is 4.98 Å². The Balaban J connectivity index is 2.23. The summed E-state index contributed by atoms with van der Waals surface area (Å²) in [5, 5.41) is 12.4. The van der Waals surface area contributed by atoms with Crippen LogP contribution in [0.25, 0.3) is 0 Å². The van der Waals surface area contributed by atoms with E-state index in [1.807, 2.05) is 19.1 Å². The Labute approximate surface area is 100 Å². The molecule has 0 saturated heterocycles. The van der Waals surface area contributed by atoms with E-state index < -0.39 is 5.97 Å². The van der Waals surface area contributed by atoms with E-state index in [0.717, 1.165) is 11.3 Å². The maximum Gasteiger partial charge on any atom is 0.303 e. The molecule has 5 nitrogen and oxygen atoms in total. The SMILES string of the molecule is C/C(=N/OCCCCC(=O)O)c1cccnc1. The number of rotatable bonds is 7. The molecule has 0 spiro atoms. The van der Waals surface area contributed by atoms with Crippen LogP contribution in [0, 0.1) is 0 Å². The predicted octanol–water partition coefficient (Wildman–Crippen LogP) is 2.08. The molecule has 0 amide bonds. The minimum Gasteiger partial charge on any atom is -0.481 e. The molecule has 0 bridgehead atoms. The van der Waals surface area contributed by atoms with Gasteiger partial charge in [-0.25, -0.2) is 0 Å². The van der Waals surface area contributed by atoms with Gasteiger partial charge in [-0.15, -0.1) is 0 Å². The zero-order valence-corrected chi connectivity index (χ0v) is 9.80. The van der Waals surface area contributed by atoms with Gasteiger partial charge in [0.05, 0.1) is 5.71 Å². The smallest absolute Gasteiger partial charge is 0.303 e. The number of unbranched alkanes of at least 4 members (excludes halogenated alkanes) is 1. The molecule has 0 atom stereocenters. The van der Waals surface area contributed by atoms with Crippen LogP contribution in [-0.2, 0) is 9.63 Å². The van der Waals surface area contributed by atoms with Crippen molar-refractivity contribution in [1.29, 1.82) is 0 Å². The lowest BCUT2D eigenvalue weighted by molar-refractivity contribution is -0.137. The van der Waals surface area contributed by atoms with Crippen molar-refractivity contribution in [2.24, 2.45) is 5.16 Å². The van der Waals surface area contributed by atoms with Gasteiger partial charge in [-0.1, -0.05) is 5.16 Å². The van der Waals surface area contributed by atoms with Crippen LogP contribution in [0.3, 0.4) is 0 Å². The van der Waals surface area contributed by atoms with E-state index in [0.29, 0.717) is 19.4 Å². The van der Waals surface area contributed by atoms with Crippen molar-refractivity contribution < 1.29 is 14.7 Å². The molecule has 0 unspecified atom stereocenters. The Kier molecular flexibility index (Phi) is 5.71. The number of carboxylic acids is 1. The van der Waals surface area contributed by atoms with Crippen LogP contribution in [0.5, 0.6) is 0 Å². The third-order valence-corrected chi connectivity index (χ3v) is 2.16. The summed E-state index contributed by atoms with van der Waals surface area (Å²) in [7, 11) is 0. The second kappa shape index (κ2) is 7.38. The Morgan fingerprint density at radius 2 is 2.35 bits per heavy atom. The fraction of sp³-hybridized carbons (Fsp3) is 0.417. The van der Waals surface area contributed by atoms with Crippen molar-refractivity contribution in [2.75, 3.05) is 6.61 Å². The number of nitrogens with zero attached hydrogens (tertiary/aromatic N) is 2.